The van der Waals surface area contributed by atoms with E-state index in [1.54, 1.807) is 17.0 Å². The van der Waals surface area contributed by atoms with Gasteiger partial charge < -0.3 is 15.0 Å². The molecule has 0 radical (unpaired) electrons. The van der Waals surface area contributed by atoms with E-state index in [9.17, 15) is 4.79 Å². The van der Waals surface area contributed by atoms with E-state index in [0.29, 0.717) is 42.9 Å². The maximum Gasteiger partial charge on any atom is 0.244 e. The highest BCUT2D eigenvalue weighted by molar-refractivity contribution is 6.35. The minimum atomic E-state index is -0.412. The second kappa shape index (κ2) is 8.85. The molecule has 0 aliphatic carbocycles. The molecule has 1 unspecified atom stereocenters. The summed E-state index contributed by atoms with van der Waals surface area (Å²) in [4.78, 5) is 16.9. The van der Waals surface area contributed by atoms with Gasteiger partial charge in [0.2, 0.25) is 5.91 Å². The molecule has 1 N–H and O–H groups in total. The Morgan fingerprint density at radius 3 is 2.70 bits per heavy atom. The van der Waals surface area contributed by atoms with Gasteiger partial charge >= 0.3 is 0 Å². The molecule has 1 fully saturated rings. The van der Waals surface area contributed by atoms with Gasteiger partial charge in [0.05, 0.1) is 13.2 Å². The molecule has 1 atom stereocenters. The van der Waals surface area contributed by atoms with E-state index < -0.39 is 6.04 Å². The largest absolute Gasteiger partial charge is 0.379 e. The molecule has 0 saturated carbocycles. The van der Waals surface area contributed by atoms with Gasteiger partial charge in [0.1, 0.15) is 6.04 Å². The molecule has 1 saturated heterocycles. The van der Waals surface area contributed by atoms with Crippen LogP contribution in [0.1, 0.15) is 11.6 Å². The molecule has 0 aromatic heterocycles. The maximum absolute atomic E-state index is 13.0. The number of likely N-dealkylation sites (N-methyl/N-ethyl adjacent to an activating group) is 2. The van der Waals surface area contributed by atoms with Crippen LogP contribution in [0.5, 0.6) is 0 Å². The van der Waals surface area contributed by atoms with Crippen LogP contribution in [0.4, 0.5) is 0 Å². The number of carbonyl (C=O) groups is 1. The van der Waals surface area contributed by atoms with Crippen LogP contribution >= 0.6 is 23.2 Å². The zero-order valence-corrected chi connectivity index (χ0v) is 15.0. The van der Waals surface area contributed by atoms with Crippen molar-refractivity contribution in [2.45, 2.75) is 6.04 Å². The summed E-state index contributed by atoms with van der Waals surface area (Å²) < 4.78 is 5.41. The molecule has 2 rings (SSSR count). The quantitative estimate of drug-likeness (QED) is 0.844. The predicted molar refractivity (Wildman–Crippen MR) is 93.2 cm³/mol. The van der Waals surface area contributed by atoms with E-state index in [4.69, 9.17) is 27.9 Å². The number of benzene rings is 1. The van der Waals surface area contributed by atoms with Crippen LogP contribution in [0, 0.1) is 0 Å². The minimum absolute atomic E-state index is 0.0337. The van der Waals surface area contributed by atoms with Crippen LogP contribution in [0.2, 0.25) is 10.0 Å². The number of amides is 1. The van der Waals surface area contributed by atoms with Gasteiger partial charge in [-0.1, -0.05) is 29.3 Å². The first kappa shape index (κ1) is 18.5. The Bertz CT molecular complexity index is 536. The van der Waals surface area contributed by atoms with Gasteiger partial charge in [-0.2, -0.15) is 0 Å². The summed E-state index contributed by atoms with van der Waals surface area (Å²) in [7, 11) is 3.69. The highest BCUT2D eigenvalue weighted by atomic mass is 35.5. The van der Waals surface area contributed by atoms with E-state index in [1.807, 2.05) is 20.2 Å². The summed E-state index contributed by atoms with van der Waals surface area (Å²) in [5, 5.41) is 4.14. The minimum Gasteiger partial charge on any atom is -0.379 e. The zero-order valence-electron chi connectivity index (χ0n) is 13.5. The molecule has 1 aliphatic rings. The van der Waals surface area contributed by atoms with E-state index in [0.717, 1.165) is 12.1 Å². The molecule has 1 amide bonds. The van der Waals surface area contributed by atoms with Crippen LogP contribution in [0.3, 0.4) is 0 Å². The summed E-state index contributed by atoms with van der Waals surface area (Å²) in [5.74, 6) is 0.0337. The summed E-state index contributed by atoms with van der Waals surface area (Å²) >= 11 is 12.4. The maximum atomic E-state index is 13.0. The number of ether oxygens (including phenoxy) is 1. The first-order chi connectivity index (χ1) is 11.0. The van der Waals surface area contributed by atoms with Crippen molar-refractivity contribution in [3.63, 3.8) is 0 Å². The number of hydrogen-bond donors (Lipinski definition) is 1. The van der Waals surface area contributed by atoms with Crippen molar-refractivity contribution in [3.8, 4) is 0 Å². The Balaban J connectivity index is 2.29. The SMILES string of the molecule is CNCCN(C)C(=O)C(c1ccc(Cl)cc1Cl)N1CCOCC1. The van der Waals surface area contributed by atoms with Crippen molar-refractivity contribution >= 4 is 29.1 Å². The Kier molecular flexibility index (Phi) is 7.11. The topological polar surface area (TPSA) is 44.8 Å². The molecule has 0 spiro atoms. The molecule has 1 aliphatic heterocycles. The molecule has 0 bridgehead atoms. The number of nitrogens with zero attached hydrogens (tertiary/aromatic N) is 2. The summed E-state index contributed by atoms with van der Waals surface area (Å²) in [6, 6.07) is 4.89. The molecular weight excluding hydrogens is 337 g/mol. The van der Waals surface area contributed by atoms with Crippen molar-refractivity contribution < 1.29 is 9.53 Å². The fraction of sp³-hybridized carbons (Fsp3) is 0.562. The third kappa shape index (κ3) is 4.81. The first-order valence-corrected chi connectivity index (χ1v) is 8.46. The molecule has 128 valence electrons. The molecule has 7 heteroatoms. The molecule has 5 nitrogen and oxygen atoms in total. The van der Waals surface area contributed by atoms with Crippen LogP contribution < -0.4 is 5.32 Å². The van der Waals surface area contributed by atoms with Gasteiger partial charge in [0.25, 0.3) is 0 Å². The van der Waals surface area contributed by atoms with E-state index in [1.165, 1.54) is 0 Å². The lowest BCUT2D eigenvalue weighted by Crippen LogP contribution is -2.47. The number of carbonyl (C=O) groups excluding carboxylic acids is 1. The lowest BCUT2D eigenvalue weighted by atomic mass is 10.0. The van der Waals surface area contributed by atoms with Gasteiger partial charge in [-0.05, 0) is 24.7 Å². The van der Waals surface area contributed by atoms with Crippen molar-refractivity contribution in [2.24, 2.45) is 0 Å². The first-order valence-electron chi connectivity index (χ1n) is 7.71. The molecule has 1 heterocycles. The third-order valence-electron chi connectivity index (χ3n) is 3.98. The number of hydrogen-bond acceptors (Lipinski definition) is 4. The smallest absolute Gasteiger partial charge is 0.244 e. The van der Waals surface area contributed by atoms with Crippen LogP contribution in [0.25, 0.3) is 0 Å². The highest BCUT2D eigenvalue weighted by Gasteiger charge is 2.32. The molecule has 23 heavy (non-hydrogen) atoms. The Labute approximate surface area is 147 Å². The normalized spacial score (nSPS) is 17.0. The summed E-state index contributed by atoms with van der Waals surface area (Å²) in [6.07, 6.45) is 0. The standard InChI is InChI=1S/C16H23Cl2N3O2/c1-19-5-6-20(2)16(22)15(21-7-9-23-10-8-21)13-4-3-12(17)11-14(13)18/h3-4,11,15,19H,5-10H2,1-2H3. The van der Waals surface area contributed by atoms with Gasteiger partial charge in [-0.3, -0.25) is 9.69 Å². The second-order valence-electron chi connectivity index (χ2n) is 5.58. The number of rotatable bonds is 6. The van der Waals surface area contributed by atoms with Gasteiger partial charge in [-0.15, -0.1) is 0 Å². The van der Waals surface area contributed by atoms with Crippen LogP contribution in [-0.2, 0) is 9.53 Å². The van der Waals surface area contributed by atoms with Crippen LogP contribution in [0.15, 0.2) is 18.2 Å². The lowest BCUT2D eigenvalue weighted by Gasteiger charge is -2.36. The lowest BCUT2D eigenvalue weighted by molar-refractivity contribution is -0.137. The number of halogens is 2. The Hall–Kier alpha value is -0.850. The Morgan fingerprint density at radius 2 is 2.09 bits per heavy atom. The third-order valence-corrected chi connectivity index (χ3v) is 4.54. The molecule has 1 aromatic rings. The van der Waals surface area contributed by atoms with Crippen molar-refractivity contribution in [1.29, 1.82) is 0 Å². The van der Waals surface area contributed by atoms with Crippen molar-refractivity contribution in [2.75, 3.05) is 53.5 Å². The highest BCUT2D eigenvalue weighted by Crippen LogP contribution is 2.31. The average Bonchev–Trinajstić information content (AvgIpc) is 2.55. The zero-order chi connectivity index (χ0) is 16.8. The van der Waals surface area contributed by atoms with E-state index >= 15 is 0 Å². The van der Waals surface area contributed by atoms with E-state index in [2.05, 4.69) is 10.2 Å². The average molecular weight is 360 g/mol. The molecular formula is C16H23Cl2N3O2. The van der Waals surface area contributed by atoms with Crippen LogP contribution in [-0.4, -0.2) is 69.2 Å². The fourth-order valence-corrected chi connectivity index (χ4v) is 3.16. The van der Waals surface area contributed by atoms with E-state index in [-0.39, 0.29) is 5.91 Å². The predicted octanol–water partition coefficient (Wildman–Crippen LogP) is 2.04. The van der Waals surface area contributed by atoms with Gasteiger partial charge in [-0.25, -0.2) is 0 Å². The van der Waals surface area contributed by atoms with Crippen molar-refractivity contribution in [1.82, 2.24) is 15.1 Å². The summed E-state index contributed by atoms with van der Waals surface area (Å²) in [5.41, 5.74) is 0.791. The van der Waals surface area contributed by atoms with Gasteiger partial charge in [0, 0.05) is 43.3 Å². The number of nitrogens with one attached hydrogen (secondary N) is 1. The van der Waals surface area contributed by atoms with Crippen molar-refractivity contribution in [3.05, 3.63) is 33.8 Å². The monoisotopic (exact) mass is 359 g/mol. The summed E-state index contributed by atoms with van der Waals surface area (Å²) in [6.45, 7) is 4.03. The number of morpholine rings is 1. The second-order valence-corrected chi connectivity index (χ2v) is 6.42. The van der Waals surface area contributed by atoms with Gasteiger partial charge in [0.15, 0.2) is 0 Å². The fourth-order valence-electron chi connectivity index (χ4n) is 2.64. The molecule has 1 aromatic carbocycles. The Morgan fingerprint density at radius 1 is 1.39 bits per heavy atom.